The molecule has 1 amide bonds. The number of amides is 1. The van der Waals surface area contributed by atoms with Crippen molar-refractivity contribution in [1.29, 1.82) is 0 Å². The summed E-state index contributed by atoms with van der Waals surface area (Å²) in [5, 5.41) is 0. The van der Waals surface area contributed by atoms with Gasteiger partial charge in [-0.25, -0.2) is 4.79 Å². The van der Waals surface area contributed by atoms with Crippen LogP contribution in [0.25, 0.3) is 12.2 Å². The first kappa shape index (κ1) is 23.5. The molecule has 1 aromatic heterocycles. The summed E-state index contributed by atoms with van der Waals surface area (Å²) < 4.78 is 17.8. The van der Waals surface area contributed by atoms with Crippen LogP contribution in [0.3, 0.4) is 0 Å². The normalized spacial score (nSPS) is 15.0. The van der Waals surface area contributed by atoms with E-state index < -0.39 is 5.97 Å². The molecule has 0 radical (unpaired) electrons. The van der Waals surface area contributed by atoms with Crippen molar-refractivity contribution in [1.82, 2.24) is 9.47 Å². The molecule has 2 heterocycles. The standard InChI is InChI=1S/C23H26N2O6S/c1-3-11-31-18-7-5-17(6-8-18)14-19-23(28)25(21(32-19)15-22(27)30-4-2)16-20(26)24-9-12-29-13-10-24/h3,5-8,14-15H,1,4,9-13,16H2,2H3/b19-14-,21-15-. The van der Waals surface area contributed by atoms with Crippen LogP contribution >= 0.6 is 11.3 Å². The van der Waals surface area contributed by atoms with Crippen molar-refractivity contribution in [2.45, 2.75) is 13.5 Å². The summed E-state index contributed by atoms with van der Waals surface area (Å²) in [5.41, 5.74) is 0.461. The minimum absolute atomic E-state index is 0.150. The van der Waals surface area contributed by atoms with Gasteiger partial charge in [-0.05, 0) is 30.7 Å². The van der Waals surface area contributed by atoms with Crippen molar-refractivity contribution in [3.8, 4) is 5.75 Å². The Balaban J connectivity index is 1.95. The predicted octanol–water partition coefficient (Wildman–Crippen LogP) is 0.506. The van der Waals surface area contributed by atoms with Crippen molar-refractivity contribution < 1.29 is 23.8 Å². The number of morpholine rings is 1. The largest absolute Gasteiger partial charge is 0.490 e. The van der Waals surface area contributed by atoms with Crippen molar-refractivity contribution >= 4 is 35.4 Å². The predicted molar refractivity (Wildman–Crippen MR) is 122 cm³/mol. The number of carbonyl (C=O) groups excluding carboxylic acids is 2. The van der Waals surface area contributed by atoms with E-state index in [2.05, 4.69) is 6.58 Å². The number of aromatic nitrogens is 1. The molecule has 0 saturated carbocycles. The maximum Gasteiger partial charge on any atom is 0.333 e. The van der Waals surface area contributed by atoms with E-state index in [1.54, 1.807) is 36.1 Å². The van der Waals surface area contributed by atoms with E-state index in [-0.39, 0.29) is 24.6 Å². The summed E-state index contributed by atoms with van der Waals surface area (Å²) in [4.78, 5) is 39.5. The van der Waals surface area contributed by atoms with Crippen molar-refractivity contribution in [2.24, 2.45) is 0 Å². The average Bonchev–Trinajstić information content (AvgIpc) is 3.08. The second-order valence-corrected chi connectivity index (χ2v) is 7.96. The molecule has 0 N–H and O–H groups in total. The van der Waals surface area contributed by atoms with Gasteiger partial charge in [0.1, 0.15) is 23.6 Å². The maximum absolute atomic E-state index is 13.1. The van der Waals surface area contributed by atoms with Gasteiger partial charge in [0.2, 0.25) is 5.91 Å². The highest BCUT2D eigenvalue weighted by Crippen LogP contribution is 2.12. The molecule has 0 bridgehead atoms. The fraction of sp³-hybridized carbons (Fsp3) is 0.348. The molecule has 0 unspecified atom stereocenters. The topological polar surface area (TPSA) is 87.1 Å². The number of rotatable bonds is 8. The zero-order chi connectivity index (χ0) is 22.9. The van der Waals surface area contributed by atoms with E-state index in [1.165, 1.54) is 10.6 Å². The molecule has 0 spiro atoms. The van der Waals surface area contributed by atoms with Crippen LogP contribution in [0.4, 0.5) is 0 Å². The van der Waals surface area contributed by atoms with Gasteiger partial charge in [-0.1, -0.05) is 24.8 Å². The lowest BCUT2D eigenvalue weighted by Gasteiger charge is -2.26. The van der Waals surface area contributed by atoms with Crippen molar-refractivity contribution in [3.05, 3.63) is 62.0 Å². The van der Waals surface area contributed by atoms with Crippen LogP contribution in [-0.2, 0) is 25.6 Å². The smallest absolute Gasteiger partial charge is 0.333 e. The Morgan fingerprint density at radius 2 is 1.94 bits per heavy atom. The highest BCUT2D eigenvalue weighted by atomic mass is 32.1. The van der Waals surface area contributed by atoms with E-state index >= 15 is 0 Å². The number of ether oxygens (including phenoxy) is 3. The van der Waals surface area contributed by atoms with Gasteiger partial charge in [-0.3, -0.25) is 14.2 Å². The quantitative estimate of drug-likeness (QED) is 0.423. The van der Waals surface area contributed by atoms with Crippen LogP contribution in [0.5, 0.6) is 5.75 Å². The summed E-state index contributed by atoms with van der Waals surface area (Å²) >= 11 is 1.14. The van der Waals surface area contributed by atoms with Crippen LogP contribution in [0.15, 0.2) is 41.7 Å². The third-order valence-electron chi connectivity index (χ3n) is 4.67. The lowest BCUT2D eigenvalue weighted by molar-refractivity contribution is -0.136. The van der Waals surface area contributed by atoms with Crippen LogP contribution in [0, 0.1) is 0 Å². The minimum atomic E-state index is -0.559. The second-order valence-electron chi connectivity index (χ2n) is 6.90. The van der Waals surface area contributed by atoms with Gasteiger partial charge in [-0.2, -0.15) is 0 Å². The molecule has 2 aromatic rings. The Morgan fingerprint density at radius 1 is 1.22 bits per heavy atom. The second kappa shape index (κ2) is 11.4. The van der Waals surface area contributed by atoms with Gasteiger partial charge in [0, 0.05) is 13.1 Å². The Bertz CT molecular complexity index is 1130. The minimum Gasteiger partial charge on any atom is -0.490 e. The molecular weight excluding hydrogens is 432 g/mol. The molecule has 32 heavy (non-hydrogen) atoms. The molecule has 1 fully saturated rings. The fourth-order valence-electron chi connectivity index (χ4n) is 3.09. The van der Waals surface area contributed by atoms with Crippen molar-refractivity contribution in [2.75, 3.05) is 39.5 Å². The SMILES string of the molecule is C=CCOc1ccc(/C=c2\s/c(=C\C(=O)OCC)n(CC(=O)N3CCOCC3)c2=O)cc1. The first-order valence-electron chi connectivity index (χ1n) is 10.3. The molecule has 3 rings (SSSR count). The summed E-state index contributed by atoms with van der Waals surface area (Å²) in [6.45, 7) is 7.70. The maximum atomic E-state index is 13.1. The number of hydrogen-bond donors (Lipinski definition) is 0. The van der Waals surface area contributed by atoms with E-state index in [0.29, 0.717) is 47.9 Å². The van der Waals surface area contributed by atoms with E-state index in [9.17, 15) is 14.4 Å². The molecule has 0 atom stereocenters. The van der Waals surface area contributed by atoms with Crippen LogP contribution < -0.4 is 19.5 Å². The Labute approximate surface area is 189 Å². The van der Waals surface area contributed by atoms with Crippen molar-refractivity contribution in [3.63, 3.8) is 0 Å². The monoisotopic (exact) mass is 458 g/mol. The molecule has 8 nitrogen and oxygen atoms in total. The molecular formula is C23H26N2O6S. The summed E-state index contributed by atoms with van der Waals surface area (Å²) in [6, 6.07) is 7.26. The highest BCUT2D eigenvalue weighted by molar-refractivity contribution is 7.07. The van der Waals surface area contributed by atoms with Gasteiger partial charge in [-0.15, -0.1) is 11.3 Å². The molecule has 1 saturated heterocycles. The molecule has 0 aliphatic carbocycles. The number of thiazole rings is 1. The average molecular weight is 459 g/mol. The first-order valence-corrected chi connectivity index (χ1v) is 11.1. The van der Waals surface area contributed by atoms with Gasteiger partial charge in [0.15, 0.2) is 0 Å². The molecule has 170 valence electrons. The van der Waals surface area contributed by atoms with Gasteiger partial charge in [0.05, 0.1) is 30.4 Å². The zero-order valence-corrected chi connectivity index (χ0v) is 18.8. The van der Waals surface area contributed by atoms with Crippen LogP contribution in [0.1, 0.15) is 12.5 Å². The highest BCUT2D eigenvalue weighted by Gasteiger charge is 2.19. The van der Waals surface area contributed by atoms with Crippen LogP contribution in [0.2, 0.25) is 0 Å². The van der Waals surface area contributed by atoms with Gasteiger partial charge >= 0.3 is 5.97 Å². The van der Waals surface area contributed by atoms with E-state index in [4.69, 9.17) is 14.2 Å². The number of carbonyl (C=O) groups is 2. The van der Waals surface area contributed by atoms with Gasteiger partial charge < -0.3 is 19.1 Å². The summed E-state index contributed by atoms with van der Waals surface area (Å²) in [7, 11) is 0. The van der Waals surface area contributed by atoms with Gasteiger partial charge in [0.25, 0.3) is 5.56 Å². The third-order valence-corrected chi connectivity index (χ3v) is 5.73. The molecule has 1 aliphatic heterocycles. The Kier molecular flexibility index (Phi) is 8.41. The molecule has 1 aliphatic rings. The third kappa shape index (κ3) is 6.18. The number of nitrogens with zero attached hydrogens (tertiary/aromatic N) is 2. The number of benzene rings is 1. The van der Waals surface area contributed by atoms with E-state index in [1.807, 2.05) is 12.1 Å². The van der Waals surface area contributed by atoms with E-state index in [0.717, 1.165) is 16.9 Å². The summed E-state index contributed by atoms with van der Waals surface area (Å²) in [5.74, 6) is -0.0587. The fourth-order valence-corrected chi connectivity index (χ4v) is 4.12. The summed E-state index contributed by atoms with van der Waals surface area (Å²) in [6.07, 6.45) is 4.64. The first-order chi connectivity index (χ1) is 15.5. The molecule has 9 heteroatoms. The lowest BCUT2D eigenvalue weighted by Crippen LogP contribution is -2.45. The number of hydrogen-bond acceptors (Lipinski definition) is 7. The lowest BCUT2D eigenvalue weighted by atomic mass is 10.2. The molecule has 1 aromatic carbocycles. The van der Waals surface area contributed by atoms with Crippen LogP contribution in [-0.4, -0.2) is 60.9 Å². The zero-order valence-electron chi connectivity index (χ0n) is 18.0. The number of esters is 1. The Morgan fingerprint density at radius 3 is 2.59 bits per heavy atom. The Hall–Kier alpha value is -3.17.